The van der Waals surface area contributed by atoms with Crippen LogP contribution in [0.1, 0.15) is 76.0 Å². The summed E-state index contributed by atoms with van der Waals surface area (Å²) in [7, 11) is 0. The van der Waals surface area contributed by atoms with Crippen LogP contribution in [0.25, 0.3) is 0 Å². The number of carbonyl (C=O) groups is 3. The Kier molecular flexibility index (Phi) is 6.71. The second-order valence-electron chi connectivity index (χ2n) is 10.7. The first-order valence-corrected chi connectivity index (χ1v) is 13.2. The van der Waals surface area contributed by atoms with Gasteiger partial charge in [0, 0.05) is 24.2 Å². The summed E-state index contributed by atoms with van der Waals surface area (Å²) in [5.74, 6) is -0.598. The van der Waals surface area contributed by atoms with E-state index in [9.17, 15) is 14.4 Å². The number of aryl methyl sites for hydroxylation is 1. The lowest BCUT2D eigenvalue weighted by atomic mass is 9.77. The van der Waals surface area contributed by atoms with Gasteiger partial charge in [-0.25, -0.2) is 0 Å². The molecule has 1 aromatic rings. The van der Waals surface area contributed by atoms with E-state index in [1.165, 1.54) is 11.1 Å². The average molecular weight is 480 g/mol. The summed E-state index contributed by atoms with van der Waals surface area (Å²) in [6.45, 7) is 4.20. The van der Waals surface area contributed by atoms with Crippen molar-refractivity contribution >= 4 is 17.7 Å². The Bertz CT molecular complexity index is 1010. The van der Waals surface area contributed by atoms with Gasteiger partial charge in [-0.15, -0.1) is 0 Å². The minimum Gasteiger partial charge on any atom is -0.358 e. The number of rotatable bonds is 5. The van der Waals surface area contributed by atoms with E-state index in [4.69, 9.17) is 4.74 Å². The van der Waals surface area contributed by atoms with E-state index < -0.39 is 18.3 Å². The number of benzene rings is 1. The number of ether oxygens (including phenoxy) is 1. The third kappa shape index (κ3) is 4.39. The van der Waals surface area contributed by atoms with E-state index in [1.54, 1.807) is 4.90 Å². The summed E-state index contributed by atoms with van der Waals surface area (Å²) < 4.78 is 6.16. The molecule has 0 radical (unpaired) electrons. The van der Waals surface area contributed by atoms with Crippen LogP contribution in [-0.2, 0) is 25.5 Å². The lowest BCUT2D eigenvalue weighted by Crippen LogP contribution is -2.58. The van der Waals surface area contributed by atoms with Crippen LogP contribution in [0.2, 0.25) is 0 Å². The van der Waals surface area contributed by atoms with Crippen LogP contribution < -0.4 is 10.6 Å². The number of carbonyl (C=O) groups excluding carboxylic acids is 3. The molecule has 7 heteroatoms. The van der Waals surface area contributed by atoms with Gasteiger partial charge in [-0.2, -0.15) is 0 Å². The van der Waals surface area contributed by atoms with Crippen molar-refractivity contribution in [3.05, 3.63) is 47.5 Å². The molecule has 1 unspecified atom stereocenters. The highest BCUT2D eigenvalue weighted by molar-refractivity contribution is 5.94. The first kappa shape index (κ1) is 24.0. The van der Waals surface area contributed by atoms with Crippen LogP contribution in [-0.4, -0.2) is 47.5 Å². The van der Waals surface area contributed by atoms with Gasteiger partial charge in [0.15, 0.2) is 0 Å². The van der Waals surface area contributed by atoms with E-state index in [0.29, 0.717) is 25.9 Å². The minimum absolute atomic E-state index is 0.0539. The number of amides is 3. The molecule has 2 saturated heterocycles. The highest BCUT2D eigenvalue weighted by atomic mass is 16.5. The Morgan fingerprint density at radius 2 is 1.91 bits per heavy atom. The maximum Gasteiger partial charge on any atom is 0.247 e. The van der Waals surface area contributed by atoms with Crippen molar-refractivity contribution in [2.45, 2.75) is 89.6 Å². The fourth-order valence-electron chi connectivity index (χ4n) is 6.35. The van der Waals surface area contributed by atoms with Gasteiger partial charge < -0.3 is 20.3 Å². The predicted octanol–water partition coefficient (Wildman–Crippen LogP) is 3.39. The quantitative estimate of drug-likeness (QED) is 0.634. The van der Waals surface area contributed by atoms with Gasteiger partial charge in [0.05, 0.1) is 12.6 Å². The number of nitrogens with zero attached hydrogens (tertiary/aromatic N) is 1. The fraction of sp³-hybridized carbons (Fsp3) is 0.607. The number of hydrogen-bond acceptors (Lipinski definition) is 4. The van der Waals surface area contributed by atoms with Crippen LogP contribution in [0.5, 0.6) is 0 Å². The standard InChI is InChI=1S/C28H37N3O4/c1-3-18(2)25(32)30-22-13-16-35-23-17-28(14-6-7-15-28)24(31(23)27(22)34)26(33)29-21-12-8-10-19-9-4-5-11-20(19)21/h4-7,9,11,18,21-24H,3,8,10,12-17H2,1-2H3,(H,29,33)(H,30,32)/t18-,21-,22+,23+,24?/m1/s1. The molecule has 2 aliphatic heterocycles. The number of hydrogen-bond donors (Lipinski definition) is 2. The lowest BCUT2D eigenvalue weighted by Gasteiger charge is -2.37. The minimum atomic E-state index is -0.670. The zero-order valence-electron chi connectivity index (χ0n) is 20.8. The Labute approximate surface area is 207 Å². The molecule has 188 valence electrons. The van der Waals surface area contributed by atoms with Gasteiger partial charge in [0.2, 0.25) is 17.7 Å². The first-order chi connectivity index (χ1) is 16.9. The Morgan fingerprint density at radius 3 is 2.69 bits per heavy atom. The second-order valence-corrected chi connectivity index (χ2v) is 10.7. The van der Waals surface area contributed by atoms with E-state index in [1.807, 2.05) is 26.0 Å². The van der Waals surface area contributed by atoms with Crippen molar-refractivity contribution in [3.63, 3.8) is 0 Å². The van der Waals surface area contributed by atoms with Crippen LogP contribution in [0.4, 0.5) is 0 Å². The van der Waals surface area contributed by atoms with E-state index in [2.05, 4.69) is 34.9 Å². The zero-order valence-corrected chi connectivity index (χ0v) is 20.8. The summed E-state index contributed by atoms with van der Waals surface area (Å²) in [5.41, 5.74) is 2.10. The molecule has 7 nitrogen and oxygen atoms in total. The molecule has 5 atom stereocenters. The predicted molar refractivity (Wildman–Crippen MR) is 132 cm³/mol. The van der Waals surface area contributed by atoms with Crippen molar-refractivity contribution in [1.29, 1.82) is 0 Å². The molecule has 2 aliphatic carbocycles. The van der Waals surface area contributed by atoms with Crippen LogP contribution in [0.15, 0.2) is 36.4 Å². The summed E-state index contributed by atoms with van der Waals surface area (Å²) >= 11 is 0. The molecule has 2 fully saturated rings. The molecule has 1 aromatic carbocycles. The Hall–Kier alpha value is -2.67. The Morgan fingerprint density at radius 1 is 1.14 bits per heavy atom. The summed E-state index contributed by atoms with van der Waals surface area (Å²) in [6.07, 6.45) is 10.0. The number of nitrogens with one attached hydrogen (secondary N) is 2. The van der Waals surface area contributed by atoms with Crippen molar-refractivity contribution in [1.82, 2.24) is 15.5 Å². The normalized spacial score (nSPS) is 29.9. The molecule has 0 saturated carbocycles. The van der Waals surface area contributed by atoms with Crippen LogP contribution in [0, 0.1) is 11.3 Å². The molecule has 2 N–H and O–H groups in total. The number of allylic oxidation sites excluding steroid dienone is 2. The molecule has 3 amide bonds. The molecule has 5 rings (SSSR count). The van der Waals surface area contributed by atoms with Gasteiger partial charge in [0.1, 0.15) is 18.3 Å². The largest absolute Gasteiger partial charge is 0.358 e. The number of fused-ring (bicyclic) bond motifs is 2. The molecule has 0 bridgehead atoms. The molecule has 35 heavy (non-hydrogen) atoms. The topological polar surface area (TPSA) is 87.7 Å². The third-order valence-corrected chi connectivity index (χ3v) is 8.55. The summed E-state index contributed by atoms with van der Waals surface area (Å²) in [4.78, 5) is 42.2. The molecular formula is C28H37N3O4. The van der Waals surface area contributed by atoms with E-state index in [-0.39, 0.29) is 35.1 Å². The first-order valence-electron chi connectivity index (χ1n) is 13.2. The molecule has 0 aromatic heterocycles. The SMILES string of the molecule is CC[C@@H](C)C(=O)N[C@H]1CCO[C@H]2CC3(CC=CC3)C(C(=O)N[C@@H]3CCCc4ccccc43)N2C1=O. The van der Waals surface area contributed by atoms with Crippen molar-refractivity contribution < 1.29 is 19.1 Å². The maximum atomic E-state index is 14.0. The van der Waals surface area contributed by atoms with Gasteiger partial charge >= 0.3 is 0 Å². The average Bonchev–Trinajstić information content (AvgIpc) is 3.43. The van der Waals surface area contributed by atoms with E-state index >= 15 is 0 Å². The highest BCUT2D eigenvalue weighted by Crippen LogP contribution is 2.51. The van der Waals surface area contributed by atoms with Gasteiger partial charge in [-0.3, -0.25) is 14.4 Å². The third-order valence-electron chi connectivity index (χ3n) is 8.55. The van der Waals surface area contributed by atoms with Gasteiger partial charge in [0.25, 0.3) is 0 Å². The van der Waals surface area contributed by atoms with Crippen molar-refractivity contribution in [3.8, 4) is 0 Å². The summed E-state index contributed by atoms with van der Waals surface area (Å²) in [5, 5.41) is 6.27. The van der Waals surface area contributed by atoms with E-state index in [0.717, 1.165) is 32.1 Å². The van der Waals surface area contributed by atoms with Gasteiger partial charge in [-0.1, -0.05) is 50.3 Å². The van der Waals surface area contributed by atoms with Gasteiger partial charge in [-0.05, 0) is 49.7 Å². The van der Waals surface area contributed by atoms with Crippen LogP contribution >= 0.6 is 0 Å². The monoisotopic (exact) mass is 479 g/mol. The molecule has 2 heterocycles. The highest BCUT2D eigenvalue weighted by Gasteiger charge is 2.59. The van der Waals surface area contributed by atoms with Crippen molar-refractivity contribution in [2.75, 3.05) is 6.61 Å². The van der Waals surface area contributed by atoms with Crippen LogP contribution in [0.3, 0.4) is 0 Å². The van der Waals surface area contributed by atoms with Crippen molar-refractivity contribution in [2.24, 2.45) is 11.3 Å². The molecule has 4 aliphatic rings. The molecule has 1 spiro atoms. The lowest BCUT2D eigenvalue weighted by molar-refractivity contribution is -0.150. The molecular weight excluding hydrogens is 442 g/mol. The summed E-state index contributed by atoms with van der Waals surface area (Å²) in [6, 6.07) is 6.96. The fourth-order valence-corrected chi connectivity index (χ4v) is 6.35. The Balaban J connectivity index is 1.42. The smallest absolute Gasteiger partial charge is 0.247 e. The zero-order chi connectivity index (χ0) is 24.6. The second kappa shape index (κ2) is 9.76. The maximum absolute atomic E-state index is 14.0.